The molecule has 8 heteroatoms. The highest BCUT2D eigenvalue weighted by Gasteiger charge is 2.21. The third-order valence-electron chi connectivity index (χ3n) is 7.03. The summed E-state index contributed by atoms with van der Waals surface area (Å²) in [4.78, 5) is 17.8. The summed E-state index contributed by atoms with van der Waals surface area (Å²) < 4.78 is 7.53. The van der Waals surface area contributed by atoms with Crippen molar-refractivity contribution < 1.29 is 9.53 Å². The van der Waals surface area contributed by atoms with E-state index in [9.17, 15) is 4.79 Å². The molecule has 1 aromatic heterocycles. The number of benzene rings is 2. The molecule has 1 aliphatic rings. The molecule has 37 heavy (non-hydrogen) atoms. The van der Waals surface area contributed by atoms with Crippen LogP contribution in [0.2, 0.25) is 10.0 Å². The first-order chi connectivity index (χ1) is 17.9. The van der Waals surface area contributed by atoms with E-state index in [1.54, 1.807) is 7.11 Å². The summed E-state index contributed by atoms with van der Waals surface area (Å²) in [6, 6.07) is 15.8. The smallest absolute Gasteiger partial charge is 0.253 e. The number of methoxy groups -OCH3 is 1. The van der Waals surface area contributed by atoms with Gasteiger partial charge in [0.05, 0.1) is 28.4 Å². The number of carbonyl (C=O) groups excluding carboxylic acids is 1. The first-order valence-electron chi connectivity index (χ1n) is 13.0. The Labute approximate surface area is 230 Å². The molecule has 2 aromatic carbocycles. The summed E-state index contributed by atoms with van der Waals surface area (Å²) in [7, 11) is 1.67. The van der Waals surface area contributed by atoms with Crippen LogP contribution in [0, 0.1) is 6.92 Å². The fraction of sp³-hybridized carbons (Fsp3) is 0.414. The molecule has 6 nitrogen and oxygen atoms in total. The highest BCUT2D eigenvalue weighted by Crippen LogP contribution is 2.33. The molecule has 2 heterocycles. The van der Waals surface area contributed by atoms with Crippen LogP contribution in [0.3, 0.4) is 0 Å². The summed E-state index contributed by atoms with van der Waals surface area (Å²) >= 11 is 12.6. The molecule has 0 atom stereocenters. The summed E-state index contributed by atoms with van der Waals surface area (Å²) in [6.45, 7) is 10.4. The van der Waals surface area contributed by atoms with E-state index in [-0.39, 0.29) is 5.91 Å². The van der Waals surface area contributed by atoms with Crippen LogP contribution in [-0.4, -0.2) is 61.8 Å². The molecule has 0 aliphatic carbocycles. The van der Waals surface area contributed by atoms with E-state index in [1.807, 2.05) is 55.5 Å². The summed E-state index contributed by atoms with van der Waals surface area (Å²) in [5.74, 6) is 0.809. The Hall–Kier alpha value is -2.67. The van der Waals surface area contributed by atoms with Gasteiger partial charge in [-0.15, -0.1) is 0 Å². The average Bonchev–Trinajstić information content (AvgIpc) is 3.24. The number of amides is 1. The lowest BCUT2D eigenvalue weighted by atomic mass is 10.1. The van der Waals surface area contributed by atoms with Crippen molar-refractivity contribution in [2.45, 2.75) is 33.2 Å². The van der Waals surface area contributed by atoms with Crippen molar-refractivity contribution in [3.8, 4) is 17.0 Å². The van der Waals surface area contributed by atoms with Crippen molar-refractivity contribution in [2.24, 2.45) is 0 Å². The molecule has 1 N–H and O–H groups in total. The molecule has 1 fully saturated rings. The van der Waals surface area contributed by atoms with Crippen molar-refractivity contribution in [2.75, 3.05) is 51.3 Å². The van der Waals surface area contributed by atoms with Gasteiger partial charge in [-0.2, -0.15) is 0 Å². The number of hydrogen-bond acceptors (Lipinski definition) is 4. The number of rotatable bonds is 10. The number of halogens is 2. The van der Waals surface area contributed by atoms with Crippen LogP contribution >= 0.6 is 23.2 Å². The minimum atomic E-state index is -0.0115. The standard InChI is InChI=1S/C29H36Cl2N4O2/c1-4-14-35-21(2)24(20-27(35)22-9-11-23(37-3)12-10-22)29(36)32-13-6-15-33-16-18-34(19-17-33)26-8-5-7-25(30)28(26)31/h5,7-12,20H,4,6,13-19H2,1-3H3,(H,32,36). The minimum Gasteiger partial charge on any atom is -0.497 e. The quantitative estimate of drug-likeness (QED) is 0.313. The molecule has 0 spiro atoms. The van der Waals surface area contributed by atoms with Gasteiger partial charge in [0.15, 0.2) is 0 Å². The number of anilines is 1. The largest absolute Gasteiger partial charge is 0.497 e. The van der Waals surface area contributed by atoms with Crippen molar-refractivity contribution in [3.05, 3.63) is 69.8 Å². The molecule has 1 saturated heterocycles. The van der Waals surface area contributed by atoms with Gasteiger partial charge in [-0.05, 0) is 74.3 Å². The minimum absolute atomic E-state index is 0.0115. The van der Waals surface area contributed by atoms with Gasteiger partial charge in [0.1, 0.15) is 5.75 Å². The Morgan fingerprint density at radius 2 is 1.76 bits per heavy atom. The summed E-state index contributed by atoms with van der Waals surface area (Å²) in [5.41, 5.74) is 4.88. The lowest BCUT2D eigenvalue weighted by Crippen LogP contribution is -2.47. The third-order valence-corrected chi connectivity index (χ3v) is 7.83. The van der Waals surface area contributed by atoms with E-state index in [0.29, 0.717) is 16.6 Å². The number of hydrogen-bond donors (Lipinski definition) is 1. The first kappa shape index (κ1) is 27.4. The van der Waals surface area contributed by atoms with Crippen LogP contribution in [0.15, 0.2) is 48.5 Å². The summed E-state index contributed by atoms with van der Waals surface area (Å²) in [6.07, 6.45) is 1.90. The zero-order valence-electron chi connectivity index (χ0n) is 21.9. The van der Waals surface area contributed by atoms with Crippen molar-refractivity contribution in [3.63, 3.8) is 0 Å². The first-order valence-corrected chi connectivity index (χ1v) is 13.7. The normalized spacial score (nSPS) is 14.1. The Morgan fingerprint density at radius 1 is 1.03 bits per heavy atom. The van der Waals surface area contributed by atoms with Gasteiger partial charge in [0, 0.05) is 50.7 Å². The van der Waals surface area contributed by atoms with Crippen molar-refractivity contribution in [1.82, 2.24) is 14.8 Å². The second kappa shape index (κ2) is 12.7. The van der Waals surface area contributed by atoms with Gasteiger partial charge in [-0.1, -0.05) is 36.2 Å². The number of piperazine rings is 1. The molecular weight excluding hydrogens is 507 g/mol. The molecule has 3 aromatic rings. The Balaban J connectivity index is 1.29. The number of aromatic nitrogens is 1. The van der Waals surface area contributed by atoms with Crippen LogP contribution in [0.1, 0.15) is 35.8 Å². The third kappa shape index (κ3) is 6.43. The van der Waals surface area contributed by atoms with Crippen LogP contribution in [0.5, 0.6) is 5.75 Å². The second-order valence-corrected chi connectivity index (χ2v) is 10.2. The molecule has 198 valence electrons. The lowest BCUT2D eigenvalue weighted by molar-refractivity contribution is 0.0950. The Bertz CT molecular complexity index is 1200. The molecule has 0 unspecified atom stereocenters. The highest BCUT2D eigenvalue weighted by atomic mass is 35.5. The SMILES string of the molecule is CCCn1c(-c2ccc(OC)cc2)cc(C(=O)NCCCN2CCN(c3cccc(Cl)c3Cl)CC2)c1C. The van der Waals surface area contributed by atoms with E-state index in [1.165, 1.54) is 0 Å². The lowest BCUT2D eigenvalue weighted by Gasteiger charge is -2.36. The molecule has 0 saturated carbocycles. The van der Waals surface area contributed by atoms with Crippen LogP contribution in [-0.2, 0) is 6.54 Å². The summed E-state index contributed by atoms with van der Waals surface area (Å²) in [5, 5.41) is 4.35. The molecule has 0 bridgehead atoms. The number of carbonyl (C=O) groups is 1. The topological polar surface area (TPSA) is 49.7 Å². The van der Waals surface area contributed by atoms with Crippen molar-refractivity contribution >= 4 is 34.8 Å². The number of nitrogens with zero attached hydrogens (tertiary/aromatic N) is 3. The maximum atomic E-state index is 13.1. The maximum Gasteiger partial charge on any atom is 0.253 e. The molecule has 1 aliphatic heterocycles. The van der Waals surface area contributed by atoms with Gasteiger partial charge in [0.2, 0.25) is 0 Å². The van der Waals surface area contributed by atoms with E-state index in [2.05, 4.69) is 26.6 Å². The van der Waals surface area contributed by atoms with Crippen LogP contribution < -0.4 is 15.0 Å². The average molecular weight is 544 g/mol. The maximum absolute atomic E-state index is 13.1. The van der Waals surface area contributed by atoms with E-state index >= 15 is 0 Å². The monoisotopic (exact) mass is 542 g/mol. The van der Waals surface area contributed by atoms with E-state index in [4.69, 9.17) is 27.9 Å². The number of ether oxygens (including phenoxy) is 1. The molecule has 1 amide bonds. The van der Waals surface area contributed by atoms with Gasteiger partial charge in [-0.3, -0.25) is 9.69 Å². The predicted molar refractivity (Wildman–Crippen MR) is 154 cm³/mol. The fourth-order valence-electron chi connectivity index (χ4n) is 4.94. The van der Waals surface area contributed by atoms with Gasteiger partial charge >= 0.3 is 0 Å². The Kier molecular flexibility index (Phi) is 9.41. The van der Waals surface area contributed by atoms with Crippen LogP contribution in [0.25, 0.3) is 11.3 Å². The molecular formula is C29H36Cl2N4O2. The predicted octanol–water partition coefficient (Wildman–Crippen LogP) is 6.13. The Morgan fingerprint density at radius 3 is 2.43 bits per heavy atom. The molecule has 4 rings (SSSR count). The van der Waals surface area contributed by atoms with E-state index in [0.717, 1.165) is 86.1 Å². The zero-order chi connectivity index (χ0) is 26.4. The van der Waals surface area contributed by atoms with Crippen LogP contribution in [0.4, 0.5) is 5.69 Å². The van der Waals surface area contributed by atoms with Crippen molar-refractivity contribution in [1.29, 1.82) is 0 Å². The van der Waals surface area contributed by atoms with Gasteiger partial charge in [-0.25, -0.2) is 0 Å². The fourth-order valence-corrected chi connectivity index (χ4v) is 5.35. The van der Waals surface area contributed by atoms with Gasteiger partial charge in [0.25, 0.3) is 5.91 Å². The second-order valence-electron chi connectivity index (χ2n) is 9.42. The zero-order valence-corrected chi connectivity index (χ0v) is 23.4. The van der Waals surface area contributed by atoms with Gasteiger partial charge < -0.3 is 19.5 Å². The highest BCUT2D eigenvalue weighted by molar-refractivity contribution is 6.43. The number of nitrogens with one attached hydrogen (secondary N) is 1. The molecule has 0 radical (unpaired) electrons. The van der Waals surface area contributed by atoms with E-state index < -0.39 is 0 Å².